The highest BCUT2D eigenvalue weighted by Crippen LogP contribution is 2.31. The van der Waals surface area contributed by atoms with Crippen molar-refractivity contribution in [2.24, 2.45) is 0 Å². The Kier molecular flexibility index (Phi) is 4.62. The molecule has 1 N–H and O–H groups in total. The molecule has 0 saturated heterocycles. The van der Waals surface area contributed by atoms with E-state index < -0.39 is 16.5 Å². The third kappa shape index (κ3) is 3.21. The number of aromatic carboxylic acids is 1. The molecule has 0 spiro atoms. The molecule has 4 aromatic rings. The van der Waals surface area contributed by atoms with Crippen molar-refractivity contribution in [3.05, 3.63) is 91.6 Å². The van der Waals surface area contributed by atoms with Crippen molar-refractivity contribution < 1.29 is 14.8 Å². The van der Waals surface area contributed by atoms with Crippen LogP contribution in [0.5, 0.6) is 0 Å². The lowest BCUT2D eigenvalue weighted by Gasteiger charge is -2.12. The molecule has 4 rings (SSSR count). The molecule has 0 atom stereocenters. The van der Waals surface area contributed by atoms with Gasteiger partial charge in [0.25, 0.3) is 11.2 Å². The van der Waals surface area contributed by atoms with Gasteiger partial charge in [0.15, 0.2) is 0 Å². The summed E-state index contributed by atoms with van der Waals surface area (Å²) in [7, 11) is 0. The van der Waals surface area contributed by atoms with Gasteiger partial charge in [0, 0.05) is 28.1 Å². The largest absolute Gasteiger partial charge is 0.477 e. The van der Waals surface area contributed by atoms with Gasteiger partial charge in [-0.1, -0.05) is 12.1 Å². The highest BCUT2D eigenvalue weighted by Gasteiger charge is 2.15. The second-order valence-corrected chi connectivity index (χ2v) is 7.41. The number of fused-ring (bicyclic) bond motifs is 1. The predicted octanol–water partition coefficient (Wildman–Crippen LogP) is 4.20. The van der Waals surface area contributed by atoms with Gasteiger partial charge in [-0.2, -0.15) is 5.26 Å². The standard InChI is InChI=1S/C21H11N3O5S/c22-11-14-9-12-1-2-13(18-7-8-19(30-18)21(26)27)10-17(12)23(20(14)25)15-3-5-16(6-4-15)24(28)29/h1-10H,(H,26,27). The lowest BCUT2D eigenvalue weighted by Crippen LogP contribution is -2.21. The van der Waals surface area contributed by atoms with Crippen LogP contribution in [0.2, 0.25) is 0 Å². The number of hydrogen-bond donors (Lipinski definition) is 1. The summed E-state index contributed by atoms with van der Waals surface area (Å²) in [6.45, 7) is 0. The number of pyridine rings is 1. The number of nitrogens with zero attached hydrogens (tertiary/aromatic N) is 3. The number of thiophene rings is 1. The van der Waals surface area contributed by atoms with Crippen molar-refractivity contribution in [3.8, 4) is 22.2 Å². The topological polar surface area (TPSA) is 126 Å². The number of nitro benzene ring substituents is 1. The molecular weight excluding hydrogens is 406 g/mol. The summed E-state index contributed by atoms with van der Waals surface area (Å²) in [4.78, 5) is 35.4. The molecule has 0 unspecified atom stereocenters. The van der Waals surface area contributed by atoms with Crippen LogP contribution in [0.1, 0.15) is 15.2 Å². The first-order chi connectivity index (χ1) is 14.4. The summed E-state index contributed by atoms with van der Waals surface area (Å²) in [6, 6.07) is 17.3. The molecule has 9 heteroatoms. The van der Waals surface area contributed by atoms with E-state index in [9.17, 15) is 25.0 Å². The van der Waals surface area contributed by atoms with Gasteiger partial charge in [0.2, 0.25) is 0 Å². The van der Waals surface area contributed by atoms with E-state index in [4.69, 9.17) is 5.11 Å². The van der Waals surface area contributed by atoms with Crippen molar-refractivity contribution in [2.75, 3.05) is 0 Å². The zero-order valence-electron chi connectivity index (χ0n) is 15.1. The third-order valence-electron chi connectivity index (χ3n) is 4.55. The molecule has 2 aromatic heterocycles. The van der Waals surface area contributed by atoms with Gasteiger partial charge in [0.05, 0.1) is 10.4 Å². The van der Waals surface area contributed by atoms with Crippen LogP contribution in [-0.2, 0) is 0 Å². The Morgan fingerprint density at radius 2 is 1.83 bits per heavy atom. The molecule has 0 fully saturated rings. The Bertz CT molecular complexity index is 1430. The maximum atomic E-state index is 12.9. The van der Waals surface area contributed by atoms with Gasteiger partial charge in [-0.25, -0.2) is 4.79 Å². The van der Waals surface area contributed by atoms with Crippen LogP contribution in [0, 0.1) is 21.4 Å². The van der Waals surface area contributed by atoms with Crippen molar-refractivity contribution in [1.29, 1.82) is 5.26 Å². The van der Waals surface area contributed by atoms with Crippen LogP contribution in [0.4, 0.5) is 5.69 Å². The third-order valence-corrected chi connectivity index (χ3v) is 5.67. The number of aromatic nitrogens is 1. The summed E-state index contributed by atoms with van der Waals surface area (Å²) < 4.78 is 1.33. The number of carboxylic acids is 1. The molecule has 0 aliphatic carbocycles. The summed E-state index contributed by atoms with van der Waals surface area (Å²) in [5.74, 6) is -1.02. The molecule has 0 saturated carbocycles. The highest BCUT2D eigenvalue weighted by atomic mass is 32.1. The second kappa shape index (κ2) is 7.27. The lowest BCUT2D eigenvalue weighted by molar-refractivity contribution is -0.384. The normalized spacial score (nSPS) is 10.6. The van der Waals surface area contributed by atoms with Gasteiger partial charge >= 0.3 is 5.97 Å². The molecule has 0 aliphatic rings. The van der Waals surface area contributed by atoms with Gasteiger partial charge in [-0.05, 0) is 42.0 Å². The van der Waals surface area contributed by atoms with Crippen LogP contribution in [0.25, 0.3) is 27.0 Å². The SMILES string of the molecule is N#Cc1cc2ccc(-c3ccc(C(=O)O)s3)cc2n(-c2ccc([N+](=O)[O-])cc2)c1=O. The first-order valence-corrected chi connectivity index (χ1v) is 9.39. The fraction of sp³-hybridized carbons (Fsp3) is 0. The van der Waals surface area contributed by atoms with Crippen molar-refractivity contribution in [3.63, 3.8) is 0 Å². The maximum Gasteiger partial charge on any atom is 0.345 e. The van der Waals surface area contributed by atoms with Gasteiger partial charge in [-0.3, -0.25) is 19.5 Å². The van der Waals surface area contributed by atoms with E-state index in [0.717, 1.165) is 11.3 Å². The molecule has 8 nitrogen and oxygen atoms in total. The Morgan fingerprint density at radius 1 is 1.10 bits per heavy atom. The second-order valence-electron chi connectivity index (χ2n) is 6.33. The number of carboxylic acid groups (broad SMARTS) is 1. The number of hydrogen-bond acceptors (Lipinski definition) is 6. The Balaban J connectivity index is 1.97. The average Bonchev–Trinajstić information content (AvgIpc) is 3.24. The Morgan fingerprint density at radius 3 is 2.43 bits per heavy atom. The number of nitriles is 1. The van der Waals surface area contributed by atoms with Crippen LogP contribution in [0.15, 0.2) is 65.5 Å². The van der Waals surface area contributed by atoms with E-state index >= 15 is 0 Å². The molecule has 2 aromatic carbocycles. The minimum absolute atomic E-state index is 0.0575. The Hall–Kier alpha value is -4.29. The zero-order valence-corrected chi connectivity index (χ0v) is 15.9. The summed E-state index contributed by atoms with van der Waals surface area (Å²) in [6.07, 6.45) is 0. The number of non-ortho nitro benzene ring substituents is 1. The molecule has 146 valence electrons. The van der Waals surface area contributed by atoms with Gasteiger partial charge in [0.1, 0.15) is 16.5 Å². The maximum absolute atomic E-state index is 12.9. The minimum Gasteiger partial charge on any atom is -0.477 e. The van der Waals surface area contributed by atoms with E-state index in [0.29, 0.717) is 27.0 Å². The van der Waals surface area contributed by atoms with Crippen molar-refractivity contribution in [1.82, 2.24) is 4.57 Å². The molecule has 0 bridgehead atoms. The number of benzene rings is 2. The fourth-order valence-corrected chi connectivity index (χ4v) is 3.97. The summed E-state index contributed by atoms with van der Waals surface area (Å²) >= 11 is 1.11. The van der Waals surface area contributed by atoms with Crippen LogP contribution in [-0.4, -0.2) is 20.6 Å². The van der Waals surface area contributed by atoms with Gasteiger partial charge < -0.3 is 5.11 Å². The van der Waals surface area contributed by atoms with Crippen molar-refractivity contribution in [2.45, 2.75) is 0 Å². The van der Waals surface area contributed by atoms with Crippen LogP contribution >= 0.6 is 11.3 Å². The average molecular weight is 417 g/mol. The van der Waals surface area contributed by atoms with Crippen LogP contribution in [0.3, 0.4) is 0 Å². The van der Waals surface area contributed by atoms with E-state index in [-0.39, 0.29) is 16.1 Å². The molecule has 0 aliphatic heterocycles. The summed E-state index contributed by atoms with van der Waals surface area (Å²) in [5.41, 5.74) is 0.858. The molecule has 0 radical (unpaired) electrons. The Labute approximate surface area is 172 Å². The molecule has 30 heavy (non-hydrogen) atoms. The number of rotatable bonds is 4. The smallest absolute Gasteiger partial charge is 0.345 e. The number of nitro groups is 1. The molecular formula is C21H11N3O5S. The quantitative estimate of drug-likeness (QED) is 0.392. The van der Waals surface area contributed by atoms with E-state index in [1.54, 1.807) is 24.3 Å². The number of carbonyl (C=O) groups is 1. The first-order valence-electron chi connectivity index (χ1n) is 8.57. The van der Waals surface area contributed by atoms with E-state index in [1.807, 2.05) is 6.07 Å². The van der Waals surface area contributed by atoms with Crippen LogP contribution < -0.4 is 5.56 Å². The van der Waals surface area contributed by atoms with Crippen molar-refractivity contribution >= 4 is 33.9 Å². The lowest BCUT2D eigenvalue weighted by atomic mass is 10.1. The van der Waals surface area contributed by atoms with Gasteiger partial charge in [-0.15, -0.1) is 11.3 Å². The molecule has 2 heterocycles. The highest BCUT2D eigenvalue weighted by molar-refractivity contribution is 7.17. The first kappa shape index (κ1) is 19.0. The predicted molar refractivity (Wildman–Crippen MR) is 111 cm³/mol. The fourth-order valence-electron chi connectivity index (χ4n) is 3.13. The minimum atomic E-state index is -1.02. The summed E-state index contributed by atoms with van der Waals surface area (Å²) in [5, 5.41) is 30.1. The van der Waals surface area contributed by atoms with E-state index in [2.05, 4.69) is 0 Å². The monoisotopic (exact) mass is 417 g/mol. The van der Waals surface area contributed by atoms with E-state index in [1.165, 1.54) is 41.0 Å². The zero-order chi connectivity index (χ0) is 21.4. The molecule has 0 amide bonds.